The molecule has 1 aliphatic rings. The fraction of sp³-hybridized carbons (Fsp3) is 0.429. The van der Waals surface area contributed by atoms with E-state index in [-0.39, 0.29) is 11.8 Å². The molecule has 0 saturated heterocycles. The summed E-state index contributed by atoms with van der Waals surface area (Å²) in [4.78, 5) is 12.7. The number of carbonyl (C=O) groups is 1. The molecule has 0 spiro atoms. The van der Waals surface area contributed by atoms with Gasteiger partial charge < -0.3 is 15.8 Å². The van der Waals surface area contributed by atoms with Gasteiger partial charge in [-0.3, -0.25) is 4.79 Å². The Hall–Kier alpha value is -1.62. The van der Waals surface area contributed by atoms with Crippen LogP contribution in [0.5, 0.6) is 5.75 Å². The molecular formula is C14H18N2O2S. The van der Waals surface area contributed by atoms with Crippen LogP contribution in [-0.2, 0) is 4.79 Å². The Balaban J connectivity index is 1.92. The van der Waals surface area contributed by atoms with Crippen molar-refractivity contribution in [2.24, 2.45) is 5.73 Å². The van der Waals surface area contributed by atoms with Gasteiger partial charge in [0.1, 0.15) is 5.75 Å². The largest absolute Gasteiger partial charge is 0.493 e. The van der Waals surface area contributed by atoms with Gasteiger partial charge in [-0.05, 0) is 25.3 Å². The lowest BCUT2D eigenvalue weighted by molar-refractivity contribution is -0.123. The number of hydrogen-bond donors (Lipinski definition) is 2. The van der Waals surface area contributed by atoms with Crippen molar-refractivity contribution in [3.63, 3.8) is 0 Å². The predicted molar refractivity (Wildman–Crippen MR) is 78.3 cm³/mol. The number of fused-ring (bicyclic) bond motifs is 1. The lowest BCUT2D eigenvalue weighted by Crippen LogP contribution is -2.33. The third-order valence-electron chi connectivity index (χ3n) is 3.17. The number of amides is 1. The van der Waals surface area contributed by atoms with Crippen LogP contribution in [0.1, 0.15) is 30.7 Å². The zero-order chi connectivity index (χ0) is 13.7. The topological polar surface area (TPSA) is 64.3 Å². The monoisotopic (exact) mass is 278 g/mol. The molecule has 102 valence electrons. The zero-order valence-electron chi connectivity index (χ0n) is 10.7. The van der Waals surface area contributed by atoms with Crippen LogP contribution in [0, 0.1) is 0 Å². The molecule has 0 aromatic heterocycles. The Morgan fingerprint density at radius 3 is 3.05 bits per heavy atom. The van der Waals surface area contributed by atoms with Gasteiger partial charge in [-0.25, -0.2) is 0 Å². The van der Waals surface area contributed by atoms with E-state index < -0.39 is 0 Å². The van der Waals surface area contributed by atoms with E-state index in [2.05, 4.69) is 5.32 Å². The summed E-state index contributed by atoms with van der Waals surface area (Å²) in [6.07, 6.45) is 2.17. The van der Waals surface area contributed by atoms with Crippen LogP contribution in [0.3, 0.4) is 0 Å². The van der Waals surface area contributed by atoms with Gasteiger partial charge in [-0.2, -0.15) is 0 Å². The van der Waals surface area contributed by atoms with E-state index in [0.717, 1.165) is 24.2 Å². The molecule has 0 bridgehead atoms. The van der Waals surface area contributed by atoms with E-state index in [1.165, 1.54) is 0 Å². The van der Waals surface area contributed by atoms with Crippen molar-refractivity contribution >= 4 is 23.1 Å². The molecule has 1 atom stereocenters. The van der Waals surface area contributed by atoms with Crippen LogP contribution in [0.15, 0.2) is 24.3 Å². The molecule has 0 saturated carbocycles. The van der Waals surface area contributed by atoms with Gasteiger partial charge in [0.25, 0.3) is 0 Å². The van der Waals surface area contributed by atoms with Crippen LogP contribution in [0.25, 0.3) is 0 Å². The first-order valence-electron chi connectivity index (χ1n) is 6.46. The third-order valence-corrected chi connectivity index (χ3v) is 3.38. The number of nitrogens with one attached hydrogen (secondary N) is 1. The zero-order valence-corrected chi connectivity index (χ0v) is 11.5. The summed E-state index contributed by atoms with van der Waals surface area (Å²) in [5, 5.41) is 2.94. The average Bonchev–Trinajstić information content (AvgIpc) is 2.42. The first-order valence-corrected chi connectivity index (χ1v) is 6.87. The van der Waals surface area contributed by atoms with E-state index in [9.17, 15) is 4.79 Å². The SMILES string of the molecule is NC(=S)CCCNC(=O)C1CCOc2ccccc21. The van der Waals surface area contributed by atoms with Crippen molar-refractivity contribution in [3.8, 4) is 5.75 Å². The highest BCUT2D eigenvalue weighted by Crippen LogP contribution is 2.33. The molecule has 1 amide bonds. The molecule has 0 fully saturated rings. The van der Waals surface area contributed by atoms with Crippen LogP contribution in [0.2, 0.25) is 0 Å². The first kappa shape index (κ1) is 13.8. The van der Waals surface area contributed by atoms with Crippen molar-refractivity contribution in [3.05, 3.63) is 29.8 Å². The van der Waals surface area contributed by atoms with Gasteiger partial charge in [-0.15, -0.1) is 0 Å². The number of ether oxygens (including phenoxy) is 1. The molecule has 3 N–H and O–H groups in total. The minimum atomic E-state index is -0.116. The minimum Gasteiger partial charge on any atom is -0.493 e. The molecule has 1 unspecified atom stereocenters. The maximum atomic E-state index is 12.2. The number of thiocarbonyl (C=S) groups is 1. The highest BCUT2D eigenvalue weighted by molar-refractivity contribution is 7.80. The molecule has 2 rings (SSSR count). The highest BCUT2D eigenvalue weighted by Gasteiger charge is 2.26. The van der Waals surface area contributed by atoms with E-state index >= 15 is 0 Å². The number of para-hydroxylation sites is 1. The lowest BCUT2D eigenvalue weighted by Gasteiger charge is -2.25. The molecule has 0 aliphatic carbocycles. The Bertz CT molecular complexity index is 476. The molecule has 1 heterocycles. The number of rotatable bonds is 5. The summed E-state index contributed by atoms with van der Waals surface area (Å²) in [5.74, 6) is 0.755. The quantitative estimate of drug-likeness (QED) is 0.636. The highest BCUT2D eigenvalue weighted by atomic mass is 32.1. The third kappa shape index (κ3) is 3.67. The van der Waals surface area contributed by atoms with Gasteiger partial charge in [0.05, 0.1) is 17.5 Å². The number of nitrogens with two attached hydrogens (primary N) is 1. The Morgan fingerprint density at radius 2 is 2.26 bits per heavy atom. The summed E-state index contributed by atoms with van der Waals surface area (Å²) >= 11 is 4.80. The Kier molecular flexibility index (Phi) is 4.74. The number of benzene rings is 1. The maximum Gasteiger partial charge on any atom is 0.227 e. The summed E-state index contributed by atoms with van der Waals surface area (Å²) in [5.41, 5.74) is 6.39. The summed E-state index contributed by atoms with van der Waals surface area (Å²) in [7, 11) is 0. The maximum absolute atomic E-state index is 12.2. The van der Waals surface area contributed by atoms with Crippen LogP contribution in [0.4, 0.5) is 0 Å². The van der Waals surface area contributed by atoms with Crippen LogP contribution < -0.4 is 15.8 Å². The lowest BCUT2D eigenvalue weighted by atomic mass is 9.92. The van der Waals surface area contributed by atoms with E-state index in [0.29, 0.717) is 24.6 Å². The fourth-order valence-electron chi connectivity index (χ4n) is 2.21. The Labute approximate surface area is 118 Å². The summed E-state index contributed by atoms with van der Waals surface area (Å²) < 4.78 is 5.55. The molecule has 4 nitrogen and oxygen atoms in total. The average molecular weight is 278 g/mol. The van der Waals surface area contributed by atoms with Crippen molar-refractivity contribution in [2.45, 2.75) is 25.2 Å². The van der Waals surface area contributed by atoms with E-state index in [4.69, 9.17) is 22.7 Å². The van der Waals surface area contributed by atoms with Gasteiger partial charge in [-0.1, -0.05) is 30.4 Å². The smallest absolute Gasteiger partial charge is 0.227 e. The predicted octanol–water partition coefficient (Wildman–Crippen LogP) is 1.74. The van der Waals surface area contributed by atoms with Gasteiger partial charge in [0.15, 0.2) is 0 Å². The summed E-state index contributed by atoms with van der Waals surface area (Å²) in [6, 6.07) is 7.71. The van der Waals surface area contributed by atoms with Crippen molar-refractivity contribution in [2.75, 3.05) is 13.2 Å². The number of carbonyl (C=O) groups excluding carboxylic acids is 1. The van der Waals surface area contributed by atoms with Crippen molar-refractivity contribution in [1.29, 1.82) is 0 Å². The van der Waals surface area contributed by atoms with Gasteiger partial charge >= 0.3 is 0 Å². The normalized spacial score (nSPS) is 17.2. The molecular weight excluding hydrogens is 260 g/mol. The second-order valence-electron chi connectivity index (χ2n) is 4.59. The molecule has 0 radical (unpaired) electrons. The standard InChI is InChI=1S/C14H18N2O2S/c15-13(19)6-3-8-16-14(17)11-7-9-18-12-5-2-1-4-10(11)12/h1-2,4-5,11H,3,6-9H2,(H2,15,19)(H,16,17). The van der Waals surface area contributed by atoms with Gasteiger partial charge in [0.2, 0.25) is 5.91 Å². The van der Waals surface area contributed by atoms with Crippen LogP contribution in [-0.4, -0.2) is 24.0 Å². The van der Waals surface area contributed by atoms with Gasteiger partial charge in [0, 0.05) is 12.1 Å². The van der Waals surface area contributed by atoms with Crippen molar-refractivity contribution in [1.82, 2.24) is 5.32 Å². The fourth-order valence-corrected chi connectivity index (χ4v) is 2.36. The van der Waals surface area contributed by atoms with Crippen molar-refractivity contribution < 1.29 is 9.53 Å². The minimum absolute atomic E-state index is 0.0543. The molecule has 1 aromatic rings. The second-order valence-corrected chi connectivity index (χ2v) is 5.11. The second kappa shape index (κ2) is 6.52. The molecule has 1 aromatic carbocycles. The molecule has 5 heteroatoms. The molecule has 1 aliphatic heterocycles. The Morgan fingerprint density at radius 1 is 1.47 bits per heavy atom. The first-order chi connectivity index (χ1) is 9.18. The van der Waals surface area contributed by atoms with Crippen LogP contribution >= 0.6 is 12.2 Å². The number of hydrogen-bond acceptors (Lipinski definition) is 3. The van der Waals surface area contributed by atoms with E-state index in [1.807, 2.05) is 24.3 Å². The summed E-state index contributed by atoms with van der Waals surface area (Å²) in [6.45, 7) is 1.19. The van der Waals surface area contributed by atoms with E-state index in [1.54, 1.807) is 0 Å². The molecule has 19 heavy (non-hydrogen) atoms.